The smallest absolute Gasteiger partial charge is 0.119 e. The van der Waals surface area contributed by atoms with Gasteiger partial charge in [-0.25, -0.2) is 0 Å². The maximum absolute atomic E-state index is 5.76. The van der Waals surface area contributed by atoms with Crippen LogP contribution in [0.3, 0.4) is 0 Å². The minimum Gasteiger partial charge on any atom is -0.494 e. The summed E-state index contributed by atoms with van der Waals surface area (Å²) in [6, 6.07) is 8.41. The molecule has 0 spiro atoms. The predicted octanol–water partition coefficient (Wildman–Crippen LogP) is 2.76. The summed E-state index contributed by atoms with van der Waals surface area (Å²) in [4.78, 5) is 0. The molecule has 1 aromatic carbocycles. The molecule has 2 N–H and O–H groups in total. The highest BCUT2D eigenvalue weighted by Crippen LogP contribution is 2.14. The van der Waals surface area contributed by atoms with Gasteiger partial charge in [-0.15, -0.1) is 0 Å². The fourth-order valence-corrected chi connectivity index (χ4v) is 1.47. The summed E-state index contributed by atoms with van der Waals surface area (Å²) in [6.07, 6.45) is 3.18. The van der Waals surface area contributed by atoms with Crippen molar-refractivity contribution in [2.75, 3.05) is 6.61 Å². The Bertz CT molecular complexity index is 284. The first-order valence-corrected chi connectivity index (χ1v) is 5.69. The van der Waals surface area contributed by atoms with E-state index >= 15 is 0 Å². The van der Waals surface area contributed by atoms with Gasteiger partial charge in [0.2, 0.25) is 0 Å². The van der Waals surface area contributed by atoms with Gasteiger partial charge in [0, 0.05) is 6.04 Å². The first kappa shape index (κ1) is 12.1. The molecule has 2 heteroatoms. The van der Waals surface area contributed by atoms with Crippen LogP contribution >= 0.6 is 0 Å². The van der Waals surface area contributed by atoms with Gasteiger partial charge in [-0.3, -0.25) is 0 Å². The van der Waals surface area contributed by atoms with Crippen LogP contribution in [0.1, 0.15) is 32.3 Å². The Kier molecular flexibility index (Phi) is 5.19. The van der Waals surface area contributed by atoms with E-state index in [9.17, 15) is 0 Å². The maximum Gasteiger partial charge on any atom is 0.119 e. The molecule has 0 bridgehead atoms. The molecule has 0 radical (unpaired) electrons. The van der Waals surface area contributed by atoms with Gasteiger partial charge in [0.15, 0.2) is 0 Å². The van der Waals surface area contributed by atoms with Crippen molar-refractivity contribution in [3.05, 3.63) is 29.8 Å². The SMILES string of the molecule is CCCCOc1cccc(CC(C)N)c1. The Labute approximate surface area is 92.4 Å². The fraction of sp³-hybridized carbons (Fsp3) is 0.538. The molecule has 0 amide bonds. The topological polar surface area (TPSA) is 35.2 Å². The maximum atomic E-state index is 5.76. The molecule has 2 nitrogen and oxygen atoms in total. The highest BCUT2D eigenvalue weighted by molar-refractivity contribution is 5.28. The Morgan fingerprint density at radius 2 is 2.20 bits per heavy atom. The molecule has 1 aromatic rings. The number of hydrogen-bond acceptors (Lipinski definition) is 2. The summed E-state index contributed by atoms with van der Waals surface area (Å²) in [5, 5.41) is 0. The molecular weight excluding hydrogens is 186 g/mol. The van der Waals surface area contributed by atoms with Crippen LogP contribution in [0, 0.1) is 0 Å². The van der Waals surface area contributed by atoms with Crippen molar-refractivity contribution in [2.45, 2.75) is 39.2 Å². The van der Waals surface area contributed by atoms with Crippen LogP contribution in [0.25, 0.3) is 0 Å². The molecule has 0 aliphatic rings. The fourth-order valence-electron chi connectivity index (χ4n) is 1.47. The Balaban J connectivity index is 2.50. The molecule has 84 valence electrons. The van der Waals surface area contributed by atoms with Gasteiger partial charge in [0.25, 0.3) is 0 Å². The van der Waals surface area contributed by atoms with Crippen LogP contribution in [0.15, 0.2) is 24.3 Å². The molecule has 1 unspecified atom stereocenters. The summed E-state index contributed by atoms with van der Waals surface area (Å²) >= 11 is 0. The van der Waals surface area contributed by atoms with Gasteiger partial charge in [-0.05, 0) is 37.5 Å². The van der Waals surface area contributed by atoms with E-state index in [1.54, 1.807) is 0 Å². The Morgan fingerprint density at radius 1 is 1.40 bits per heavy atom. The number of hydrogen-bond donors (Lipinski definition) is 1. The molecule has 0 saturated carbocycles. The minimum absolute atomic E-state index is 0.205. The average Bonchev–Trinajstić information content (AvgIpc) is 2.18. The van der Waals surface area contributed by atoms with E-state index in [2.05, 4.69) is 19.1 Å². The standard InChI is InChI=1S/C13H21NO/c1-3-4-8-15-13-7-5-6-12(10-13)9-11(2)14/h5-7,10-11H,3-4,8-9,14H2,1-2H3. The number of benzene rings is 1. The van der Waals surface area contributed by atoms with E-state index in [4.69, 9.17) is 10.5 Å². The highest BCUT2D eigenvalue weighted by atomic mass is 16.5. The summed E-state index contributed by atoms with van der Waals surface area (Å²) in [5.41, 5.74) is 7.00. The largest absolute Gasteiger partial charge is 0.494 e. The van der Waals surface area contributed by atoms with Crippen molar-refractivity contribution >= 4 is 0 Å². The van der Waals surface area contributed by atoms with Crippen LogP contribution in [0.4, 0.5) is 0 Å². The summed E-state index contributed by atoms with van der Waals surface area (Å²) in [5.74, 6) is 0.960. The number of unbranched alkanes of at least 4 members (excludes halogenated alkanes) is 1. The van der Waals surface area contributed by atoms with Crippen molar-refractivity contribution in [3.63, 3.8) is 0 Å². The second kappa shape index (κ2) is 6.46. The van der Waals surface area contributed by atoms with Gasteiger partial charge in [-0.1, -0.05) is 25.5 Å². The first-order chi connectivity index (χ1) is 7.22. The van der Waals surface area contributed by atoms with E-state index in [0.717, 1.165) is 25.2 Å². The van der Waals surface area contributed by atoms with Gasteiger partial charge < -0.3 is 10.5 Å². The van der Waals surface area contributed by atoms with Crippen LogP contribution in [0.2, 0.25) is 0 Å². The summed E-state index contributed by atoms with van der Waals surface area (Å²) in [6.45, 7) is 4.98. The number of ether oxygens (including phenoxy) is 1. The lowest BCUT2D eigenvalue weighted by atomic mass is 10.1. The van der Waals surface area contributed by atoms with Gasteiger partial charge >= 0.3 is 0 Å². The summed E-state index contributed by atoms with van der Waals surface area (Å²) < 4.78 is 5.63. The first-order valence-electron chi connectivity index (χ1n) is 5.69. The van der Waals surface area contributed by atoms with Crippen molar-refractivity contribution in [2.24, 2.45) is 5.73 Å². The van der Waals surface area contributed by atoms with E-state index in [1.807, 2.05) is 19.1 Å². The van der Waals surface area contributed by atoms with Crippen molar-refractivity contribution in [1.82, 2.24) is 0 Å². The predicted molar refractivity (Wildman–Crippen MR) is 64.2 cm³/mol. The Hall–Kier alpha value is -1.02. The van der Waals surface area contributed by atoms with Crippen molar-refractivity contribution in [3.8, 4) is 5.75 Å². The molecule has 0 saturated heterocycles. The monoisotopic (exact) mass is 207 g/mol. The lowest BCUT2D eigenvalue weighted by Gasteiger charge is -2.09. The van der Waals surface area contributed by atoms with E-state index in [-0.39, 0.29) is 6.04 Å². The zero-order chi connectivity index (χ0) is 11.1. The van der Waals surface area contributed by atoms with Crippen LogP contribution in [-0.2, 0) is 6.42 Å². The molecule has 0 aromatic heterocycles. The van der Waals surface area contributed by atoms with Gasteiger partial charge in [-0.2, -0.15) is 0 Å². The average molecular weight is 207 g/mol. The highest BCUT2D eigenvalue weighted by Gasteiger charge is 1.99. The number of rotatable bonds is 6. The third-order valence-electron chi connectivity index (χ3n) is 2.22. The van der Waals surface area contributed by atoms with Crippen molar-refractivity contribution in [1.29, 1.82) is 0 Å². The molecule has 0 fully saturated rings. The molecular formula is C13H21NO. The third-order valence-corrected chi connectivity index (χ3v) is 2.22. The molecule has 0 heterocycles. The lowest BCUT2D eigenvalue weighted by Crippen LogP contribution is -2.17. The molecule has 1 rings (SSSR count). The molecule has 1 atom stereocenters. The van der Waals surface area contributed by atoms with Crippen molar-refractivity contribution < 1.29 is 4.74 Å². The Morgan fingerprint density at radius 3 is 2.87 bits per heavy atom. The van der Waals surface area contributed by atoms with E-state index in [0.29, 0.717) is 0 Å². The summed E-state index contributed by atoms with van der Waals surface area (Å²) in [7, 11) is 0. The molecule has 0 aliphatic heterocycles. The zero-order valence-corrected chi connectivity index (χ0v) is 9.70. The van der Waals surface area contributed by atoms with Crippen LogP contribution in [0.5, 0.6) is 5.75 Å². The quantitative estimate of drug-likeness (QED) is 0.728. The van der Waals surface area contributed by atoms with E-state index < -0.39 is 0 Å². The minimum atomic E-state index is 0.205. The van der Waals surface area contributed by atoms with Crippen LogP contribution in [-0.4, -0.2) is 12.6 Å². The van der Waals surface area contributed by atoms with Gasteiger partial charge in [0.05, 0.1) is 6.61 Å². The molecule has 15 heavy (non-hydrogen) atoms. The van der Waals surface area contributed by atoms with E-state index in [1.165, 1.54) is 12.0 Å². The zero-order valence-electron chi connectivity index (χ0n) is 9.70. The third kappa shape index (κ3) is 4.84. The number of nitrogens with two attached hydrogens (primary N) is 1. The van der Waals surface area contributed by atoms with Crippen LogP contribution < -0.4 is 10.5 Å². The van der Waals surface area contributed by atoms with Gasteiger partial charge in [0.1, 0.15) is 5.75 Å². The second-order valence-corrected chi connectivity index (χ2v) is 4.03. The second-order valence-electron chi connectivity index (χ2n) is 4.03. The molecule has 0 aliphatic carbocycles. The normalized spacial score (nSPS) is 12.5. The lowest BCUT2D eigenvalue weighted by molar-refractivity contribution is 0.309.